The minimum atomic E-state index is -4.47. The van der Waals surface area contributed by atoms with Crippen LogP contribution in [0.5, 0.6) is 5.75 Å². The van der Waals surface area contributed by atoms with E-state index in [1.807, 2.05) is 31.2 Å². The highest BCUT2D eigenvalue weighted by Crippen LogP contribution is 2.31. The van der Waals surface area contributed by atoms with Crippen LogP contribution >= 0.6 is 11.8 Å². The number of carbonyl (C=O) groups is 1. The molecule has 3 aromatic rings. The minimum Gasteiger partial charge on any atom is -0.496 e. The molecule has 0 saturated carbocycles. The van der Waals surface area contributed by atoms with Crippen molar-refractivity contribution in [2.45, 2.75) is 23.7 Å². The Morgan fingerprint density at radius 3 is 2.43 bits per heavy atom. The number of rotatable bonds is 6. The summed E-state index contributed by atoms with van der Waals surface area (Å²) in [6, 6.07) is 17.6. The van der Waals surface area contributed by atoms with Crippen LogP contribution in [0.4, 0.5) is 18.9 Å². The highest BCUT2D eigenvalue weighted by atomic mass is 32.2. The maximum absolute atomic E-state index is 12.9. The molecule has 0 unspecified atom stereocenters. The number of amides is 1. The first-order valence-electron chi connectivity index (χ1n) is 9.11. The monoisotopic (exact) mass is 431 g/mol. The van der Waals surface area contributed by atoms with Crippen molar-refractivity contribution in [2.75, 3.05) is 12.4 Å². The van der Waals surface area contributed by atoms with E-state index in [-0.39, 0.29) is 5.69 Å². The summed E-state index contributed by atoms with van der Waals surface area (Å²) in [7, 11) is 1.55. The SMILES string of the molecule is COc1ccc(C(=O)Nc2cccc(C(F)(F)F)c2)cc1CSc1ccc(C)cc1. The first-order chi connectivity index (χ1) is 14.3. The van der Waals surface area contributed by atoms with Gasteiger partial charge in [0.15, 0.2) is 0 Å². The largest absolute Gasteiger partial charge is 0.496 e. The second kappa shape index (κ2) is 9.26. The van der Waals surface area contributed by atoms with Crippen molar-refractivity contribution < 1.29 is 22.7 Å². The number of benzene rings is 3. The molecule has 0 atom stereocenters. The fourth-order valence-electron chi connectivity index (χ4n) is 2.80. The molecule has 0 spiro atoms. The number of hydrogen-bond acceptors (Lipinski definition) is 3. The smallest absolute Gasteiger partial charge is 0.416 e. The lowest BCUT2D eigenvalue weighted by Gasteiger charge is -2.12. The Bertz CT molecular complexity index is 1030. The van der Waals surface area contributed by atoms with Crippen LogP contribution < -0.4 is 10.1 Å². The van der Waals surface area contributed by atoms with E-state index < -0.39 is 17.6 Å². The van der Waals surface area contributed by atoms with E-state index in [4.69, 9.17) is 4.74 Å². The minimum absolute atomic E-state index is 0.0845. The average Bonchev–Trinajstić information content (AvgIpc) is 2.72. The predicted molar refractivity (Wildman–Crippen MR) is 113 cm³/mol. The molecule has 0 aliphatic heterocycles. The van der Waals surface area contributed by atoms with E-state index in [1.54, 1.807) is 37.1 Å². The highest BCUT2D eigenvalue weighted by Gasteiger charge is 2.30. The molecule has 1 N–H and O–H groups in total. The zero-order valence-corrected chi connectivity index (χ0v) is 17.2. The fourth-order valence-corrected chi connectivity index (χ4v) is 3.68. The first kappa shape index (κ1) is 21.8. The standard InChI is InChI=1S/C23H20F3NO2S/c1-15-6-9-20(10-7-15)30-14-17-12-16(8-11-21(17)29-2)22(28)27-19-5-3-4-18(13-19)23(24,25)26/h3-13H,14H2,1-2H3,(H,27,28). The Morgan fingerprint density at radius 2 is 1.77 bits per heavy atom. The summed E-state index contributed by atoms with van der Waals surface area (Å²) in [5.74, 6) is 0.737. The molecule has 3 aromatic carbocycles. The van der Waals surface area contributed by atoms with Crippen molar-refractivity contribution in [1.82, 2.24) is 0 Å². The van der Waals surface area contributed by atoms with Gasteiger partial charge in [-0.25, -0.2) is 0 Å². The molecular formula is C23H20F3NO2S. The highest BCUT2D eigenvalue weighted by molar-refractivity contribution is 7.98. The molecule has 3 nitrogen and oxygen atoms in total. The molecule has 0 bridgehead atoms. The van der Waals surface area contributed by atoms with E-state index in [0.29, 0.717) is 17.1 Å². The lowest BCUT2D eigenvalue weighted by molar-refractivity contribution is -0.137. The molecular weight excluding hydrogens is 411 g/mol. The summed E-state index contributed by atoms with van der Waals surface area (Å²) >= 11 is 1.60. The van der Waals surface area contributed by atoms with Crippen LogP contribution in [0, 0.1) is 6.92 Å². The number of ether oxygens (including phenoxy) is 1. The van der Waals surface area contributed by atoms with Crippen molar-refractivity contribution in [3.05, 3.63) is 89.0 Å². The third kappa shape index (κ3) is 5.57. The molecule has 0 aliphatic rings. The van der Waals surface area contributed by atoms with Gasteiger partial charge < -0.3 is 10.1 Å². The van der Waals surface area contributed by atoms with Gasteiger partial charge in [0.1, 0.15) is 5.75 Å². The average molecular weight is 431 g/mol. The quantitative estimate of drug-likeness (QED) is 0.449. The Hall–Kier alpha value is -2.93. The van der Waals surface area contributed by atoms with E-state index >= 15 is 0 Å². The summed E-state index contributed by atoms with van der Waals surface area (Å²) in [5.41, 5.74) is 1.60. The molecule has 0 heterocycles. The summed E-state index contributed by atoms with van der Waals surface area (Å²) in [6.45, 7) is 2.02. The number of anilines is 1. The Balaban J connectivity index is 1.76. The molecule has 0 aromatic heterocycles. The molecule has 0 aliphatic carbocycles. The van der Waals surface area contributed by atoms with Crippen LogP contribution in [0.25, 0.3) is 0 Å². The number of hydrogen-bond donors (Lipinski definition) is 1. The van der Waals surface area contributed by atoms with Crippen molar-refractivity contribution in [3.8, 4) is 5.75 Å². The van der Waals surface area contributed by atoms with Crippen molar-refractivity contribution in [3.63, 3.8) is 0 Å². The van der Waals surface area contributed by atoms with Gasteiger partial charge in [0.2, 0.25) is 0 Å². The number of methoxy groups -OCH3 is 1. The van der Waals surface area contributed by atoms with Crippen molar-refractivity contribution in [2.24, 2.45) is 0 Å². The van der Waals surface area contributed by atoms with Crippen LogP contribution in [0.1, 0.15) is 27.0 Å². The van der Waals surface area contributed by atoms with Gasteiger partial charge in [0, 0.05) is 27.5 Å². The number of alkyl halides is 3. The van der Waals surface area contributed by atoms with Gasteiger partial charge in [0.25, 0.3) is 5.91 Å². The van der Waals surface area contributed by atoms with Crippen LogP contribution in [-0.2, 0) is 11.9 Å². The summed E-state index contributed by atoms with van der Waals surface area (Å²) in [4.78, 5) is 13.7. The van der Waals surface area contributed by atoms with Gasteiger partial charge in [-0.1, -0.05) is 23.8 Å². The van der Waals surface area contributed by atoms with Crippen molar-refractivity contribution >= 4 is 23.4 Å². The molecule has 30 heavy (non-hydrogen) atoms. The predicted octanol–water partition coefficient (Wildman–Crippen LogP) is 6.57. The number of nitrogens with one attached hydrogen (secondary N) is 1. The zero-order chi connectivity index (χ0) is 21.7. The molecule has 0 fully saturated rings. The van der Waals surface area contributed by atoms with Crippen LogP contribution in [0.2, 0.25) is 0 Å². The maximum Gasteiger partial charge on any atom is 0.416 e. The normalized spacial score (nSPS) is 11.2. The van der Waals surface area contributed by atoms with Gasteiger partial charge in [-0.15, -0.1) is 11.8 Å². The van der Waals surface area contributed by atoms with E-state index in [2.05, 4.69) is 5.32 Å². The van der Waals surface area contributed by atoms with E-state index in [0.717, 1.165) is 22.6 Å². The molecule has 1 amide bonds. The Labute approximate surface area is 177 Å². The first-order valence-corrected chi connectivity index (χ1v) is 10.1. The van der Waals surface area contributed by atoms with Crippen molar-refractivity contribution in [1.29, 1.82) is 0 Å². The molecule has 156 valence electrons. The van der Waals surface area contributed by atoms with Gasteiger partial charge in [0.05, 0.1) is 12.7 Å². The lowest BCUT2D eigenvalue weighted by atomic mass is 10.1. The molecule has 7 heteroatoms. The zero-order valence-electron chi connectivity index (χ0n) is 16.4. The van der Waals surface area contributed by atoms with E-state index in [9.17, 15) is 18.0 Å². The topological polar surface area (TPSA) is 38.3 Å². The molecule has 3 rings (SSSR count). The van der Waals surface area contributed by atoms with Gasteiger partial charge in [-0.3, -0.25) is 4.79 Å². The van der Waals surface area contributed by atoms with E-state index in [1.165, 1.54) is 17.7 Å². The number of thioether (sulfide) groups is 1. The maximum atomic E-state index is 12.9. The second-order valence-electron chi connectivity index (χ2n) is 6.66. The number of aryl methyl sites for hydroxylation is 1. The Morgan fingerprint density at radius 1 is 1.03 bits per heavy atom. The van der Waals surface area contributed by atoms with Gasteiger partial charge >= 0.3 is 6.18 Å². The summed E-state index contributed by atoms with van der Waals surface area (Å²) < 4.78 is 44.0. The van der Waals surface area contributed by atoms with Gasteiger partial charge in [-0.2, -0.15) is 13.2 Å². The van der Waals surface area contributed by atoms with Crippen LogP contribution in [-0.4, -0.2) is 13.0 Å². The lowest BCUT2D eigenvalue weighted by Crippen LogP contribution is -2.13. The number of halogens is 3. The fraction of sp³-hybridized carbons (Fsp3) is 0.174. The molecule has 0 saturated heterocycles. The summed E-state index contributed by atoms with van der Waals surface area (Å²) in [6.07, 6.45) is -4.47. The van der Waals surface area contributed by atoms with Crippen LogP contribution in [0.3, 0.4) is 0 Å². The molecule has 0 radical (unpaired) electrons. The second-order valence-corrected chi connectivity index (χ2v) is 7.71. The third-order valence-electron chi connectivity index (χ3n) is 4.41. The van der Waals surface area contributed by atoms with Gasteiger partial charge in [-0.05, 0) is 55.5 Å². The number of carbonyl (C=O) groups excluding carboxylic acids is 1. The van der Waals surface area contributed by atoms with Crippen LogP contribution in [0.15, 0.2) is 71.6 Å². The third-order valence-corrected chi connectivity index (χ3v) is 5.47. The Kier molecular flexibility index (Phi) is 6.72. The summed E-state index contributed by atoms with van der Waals surface area (Å²) in [5, 5.41) is 2.53.